The molecule has 0 amide bonds. The van der Waals surface area contributed by atoms with E-state index in [1.807, 2.05) is 0 Å². The number of rotatable bonds is 6. The average molecular weight is 239 g/mol. The van der Waals surface area contributed by atoms with Gasteiger partial charge in [-0.05, 0) is 44.4 Å². The molecular weight excluding hydrogens is 206 g/mol. The fourth-order valence-corrected chi connectivity index (χ4v) is 3.01. The summed E-state index contributed by atoms with van der Waals surface area (Å²) >= 11 is 0. The van der Waals surface area contributed by atoms with Crippen molar-refractivity contribution in [2.45, 2.75) is 97.6 Å². The Morgan fingerprint density at radius 1 is 1.18 bits per heavy atom. The van der Waals surface area contributed by atoms with E-state index < -0.39 is 0 Å². The molecule has 0 aromatic rings. The van der Waals surface area contributed by atoms with Crippen LogP contribution >= 0.6 is 0 Å². The van der Waals surface area contributed by atoms with Gasteiger partial charge >= 0.3 is 0 Å². The van der Waals surface area contributed by atoms with Crippen LogP contribution in [-0.4, -0.2) is 12.1 Å². The summed E-state index contributed by atoms with van der Waals surface area (Å²) in [5, 5.41) is 3.86. The Labute approximate surface area is 109 Å². The van der Waals surface area contributed by atoms with E-state index in [-0.39, 0.29) is 0 Å². The van der Waals surface area contributed by atoms with Gasteiger partial charge in [-0.3, -0.25) is 0 Å². The molecule has 1 heteroatoms. The predicted octanol–water partition coefficient (Wildman–Crippen LogP) is 4.90. The zero-order valence-electron chi connectivity index (χ0n) is 12.5. The van der Waals surface area contributed by atoms with Crippen LogP contribution < -0.4 is 5.32 Å². The Balaban J connectivity index is 2.22. The minimum atomic E-state index is 0.585. The standard InChI is InChI=1S/C16H33N/c1-5-6-7-9-14(2)17-15-10-8-12-16(3,4)13-11-15/h14-15,17H,5-13H2,1-4H3. The summed E-state index contributed by atoms with van der Waals surface area (Å²) < 4.78 is 0. The van der Waals surface area contributed by atoms with Crippen LogP contribution in [0.2, 0.25) is 0 Å². The predicted molar refractivity (Wildman–Crippen MR) is 77.4 cm³/mol. The van der Waals surface area contributed by atoms with Gasteiger partial charge < -0.3 is 5.32 Å². The normalized spacial score (nSPS) is 26.5. The van der Waals surface area contributed by atoms with Crippen LogP contribution in [0.25, 0.3) is 0 Å². The third-order valence-electron chi connectivity index (χ3n) is 4.34. The molecule has 0 aliphatic heterocycles. The molecule has 0 heterocycles. The SMILES string of the molecule is CCCCCC(C)NC1CCCC(C)(C)CC1. The van der Waals surface area contributed by atoms with E-state index in [2.05, 4.69) is 33.0 Å². The van der Waals surface area contributed by atoms with E-state index in [1.54, 1.807) is 0 Å². The molecule has 17 heavy (non-hydrogen) atoms. The van der Waals surface area contributed by atoms with Gasteiger partial charge in [-0.15, -0.1) is 0 Å². The Hall–Kier alpha value is -0.0400. The van der Waals surface area contributed by atoms with Gasteiger partial charge in [-0.25, -0.2) is 0 Å². The van der Waals surface area contributed by atoms with Crippen molar-refractivity contribution in [3.8, 4) is 0 Å². The van der Waals surface area contributed by atoms with Crippen LogP contribution in [0.1, 0.15) is 85.5 Å². The molecule has 1 rings (SSSR count). The maximum atomic E-state index is 3.86. The highest BCUT2D eigenvalue weighted by molar-refractivity contribution is 4.81. The zero-order chi connectivity index (χ0) is 12.7. The zero-order valence-corrected chi connectivity index (χ0v) is 12.5. The molecule has 0 bridgehead atoms. The topological polar surface area (TPSA) is 12.0 Å². The lowest BCUT2D eigenvalue weighted by Crippen LogP contribution is -2.36. The largest absolute Gasteiger partial charge is 0.312 e. The van der Waals surface area contributed by atoms with Crippen molar-refractivity contribution < 1.29 is 0 Å². The van der Waals surface area contributed by atoms with Crippen molar-refractivity contribution in [2.75, 3.05) is 0 Å². The number of hydrogen-bond donors (Lipinski definition) is 1. The quantitative estimate of drug-likeness (QED) is 0.513. The van der Waals surface area contributed by atoms with E-state index in [4.69, 9.17) is 0 Å². The van der Waals surface area contributed by atoms with Gasteiger partial charge in [0, 0.05) is 12.1 Å². The average Bonchev–Trinajstić information content (AvgIpc) is 2.41. The lowest BCUT2D eigenvalue weighted by Gasteiger charge is -2.24. The third kappa shape index (κ3) is 6.45. The van der Waals surface area contributed by atoms with Gasteiger partial charge in [-0.2, -0.15) is 0 Å². The first-order chi connectivity index (χ1) is 8.03. The fourth-order valence-electron chi connectivity index (χ4n) is 3.01. The van der Waals surface area contributed by atoms with Gasteiger partial charge in [0.15, 0.2) is 0 Å². The summed E-state index contributed by atoms with van der Waals surface area (Å²) in [5.74, 6) is 0. The second-order valence-electron chi connectivity index (χ2n) is 6.86. The van der Waals surface area contributed by atoms with Crippen molar-refractivity contribution in [1.82, 2.24) is 5.32 Å². The van der Waals surface area contributed by atoms with Gasteiger partial charge in [0.1, 0.15) is 0 Å². The molecule has 1 aliphatic rings. The van der Waals surface area contributed by atoms with Gasteiger partial charge in [0.05, 0.1) is 0 Å². The Morgan fingerprint density at radius 2 is 1.94 bits per heavy atom. The molecule has 102 valence electrons. The summed E-state index contributed by atoms with van der Waals surface area (Å²) in [7, 11) is 0. The highest BCUT2D eigenvalue weighted by Gasteiger charge is 2.24. The molecule has 0 radical (unpaired) electrons. The lowest BCUT2D eigenvalue weighted by atomic mass is 9.85. The lowest BCUT2D eigenvalue weighted by molar-refractivity contribution is 0.306. The Morgan fingerprint density at radius 3 is 2.65 bits per heavy atom. The Bertz CT molecular complexity index is 198. The first-order valence-electron chi connectivity index (χ1n) is 7.79. The fraction of sp³-hybridized carbons (Fsp3) is 1.00. The van der Waals surface area contributed by atoms with Crippen LogP contribution in [0, 0.1) is 5.41 Å². The molecule has 1 nitrogen and oxygen atoms in total. The van der Waals surface area contributed by atoms with E-state index >= 15 is 0 Å². The number of nitrogens with one attached hydrogen (secondary N) is 1. The van der Waals surface area contributed by atoms with Crippen molar-refractivity contribution in [1.29, 1.82) is 0 Å². The van der Waals surface area contributed by atoms with Crippen molar-refractivity contribution in [3.63, 3.8) is 0 Å². The van der Waals surface area contributed by atoms with Crippen LogP contribution in [0.5, 0.6) is 0 Å². The molecule has 1 saturated carbocycles. The number of unbranched alkanes of at least 4 members (excludes halogenated alkanes) is 2. The first kappa shape index (κ1) is 15.0. The highest BCUT2D eigenvalue weighted by Crippen LogP contribution is 2.33. The third-order valence-corrected chi connectivity index (χ3v) is 4.34. The molecule has 0 aromatic heterocycles. The molecular formula is C16H33N. The van der Waals surface area contributed by atoms with Crippen LogP contribution in [0.3, 0.4) is 0 Å². The molecule has 2 atom stereocenters. The summed E-state index contributed by atoms with van der Waals surface area (Å²) in [6.45, 7) is 9.51. The van der Waals surface area contributed by atoms with Crippen molar-refractivity contribution >= 4 is 0 Å². The van der Waals surface area contributed by atoms with Crippen LogP contribution in [0.15, 0.2) is 0 Å². The molecule has 1 N–H and O–H groups in total. The molecule has 0 spiro atoms. The number of hydrogen-bond acceptors (Lipinski definition) is 1. The smallest absolute Gasteiger partial charge is 0.00697 e. The molecule has 2 unspecified atom stereocenters. The van der Waals surface area contributed by atoms with Gasteiger partial charge in [0.2, 0.25) is 0 Å². The van der Waals surface area contributed by atoms with E-state index in [0.717, 1.165) is 6.04 Å². The maximum absolute atomic E-state index is 3.86. The van der Waals surface area contributed by atoms with Crippen molar-refractivity contribution in [3.05, 3.63) is 0 Å². The van der Waals surface area contributed by atoms with E-state index in [1.165, 1.54) is 57.8 Å². The minimum Gasteiger partial charge on any atom is -0.312 e. The first-order valence-corrected chi connectivity index (χ1v) is 7.79. The van der Waals surface area contributed by atoms with Gasteiger partial charge in [0.25, 0.3) is 0 Å². The molecule has 1 aliphatic carbocycles. The monoisotopic (exact) mass is 239 g/mol. The summed E-state index contributed by atoms with van der Waals surface area (Å²) in [6.07, 6.45) is 12.5. The second kappa shape index (κ2) is 7.41. The van der Waals surface area contributed by atoms with Gasteiger partial charge in [-0.1, -0.05) is 46.5 Å². The molecule has 0 aromatic carbocycles. The Kier molecular flexibility index (Phi) is 6.54. The molecule has 1 fully saturated rings. The molecule has 0 saturated heterocycles. The van der Waals surface area contributed by atoms with Crippen molar-refractivity contribution in [2.24, 2.45) is 5.41 Å². The van der Waals surface area contributed by atoms with E-state index in [9.17, 15) is 0 Å². The summed E-state index contributed by atoms with van der Waals surface area (Å²) in [5.41, 5.74) is 0.585. The van der Waals surface area contributed by atoms with Crippen LogP contribution in [0.4, 0.5) is 0 Å². The summed E-state index contributed by atoms with van der Waals surface area (Å²) in [6, 6.07) is 1.50. The maximum Gasteiger partial charge on any atom is 0.00697 e. The summed E-state index contributed by atoms with van der Waals surface area (Å²) in [4.78, 5) is 0. The minimum absolute atomic E-state index is 0.585. The highest BCUT2D eigenvalue weighted by atomic mass is 14.9. The van der Waals surface area contributed by atoms with E-state index in [0.29, 0.717) is 11.5 Å². The second-order valence-corrected chi connectivity index (χ2v) is 6.86. The van der Waals surface area contributed by atoms with Crippen LogP contribution in [-0.2, 0) is 0 Å².